The van der Waals surface area contributed by atoms with E-state index in [0.29, 0.717) is 12.6 Å². The molecule has 0 spiro atoms. The number of nitrogens with one attached hydrogen (secondary N) is 2. The van der Waals surface area contributed by atoms with Gasteiger partial charge in [0.15, 0.2) is 0 Å². The zero-order chi connectivity index (χ0) is 15.0. The Hall–Kier alpha value is -1.35. The van der Waals surface area contributed by atoms with E-state index in [-0.39, 0.29) is 5.91 Å². The van der Waals surface area contributed by atoms with Gasteiger partial charge in [0.05, 0.1) is 0 Å². The summed E-state index contributed by atoms with van der Waals surface area (Å²) in [5, 5.41) is 6.38. The predicted molar refractivity (Wildman–Crippen MR) is 85.0 cm³/mol. The highest BCUT2D eigenvalue weighted by Crippen LogP contribution is 2.06. The van der Waals surface area contributed by atoms with Crippen molar-refractivity contribution in [1.29, 1.82) is 0 Å². The van der Waals surface area contributed by atoms with E-state index in [4.69, 9.17) is 0 Å². The van der Waals surface area contributed by atoms with Gasteiger partial charge in [0.1, 0.15) is 0 Å². The van der Waals surface area contributed by atoms with Crippen molar-refractivity contribution in [3.63, 3.8) is 0 Å². The van der Waals surface area contributed by atoms with Crippen molar-refractivity contribution in [2.45, 2.75) is 46.6 Å². The molecular weight excluding hydrogens is 248 g/mol. The first-order valence-electron chi connectivity index (χ1n) is 7.57. The first kappa shape index (κ1) is 16.7. The molecule has 20 heavy (non-hydrogen) atoms. The van der Waals surface area contributed by atoms with Crippen LogP contribution in [0.1, 0.15) is 49.5 Å². The van der Waals surface area contributed by atoms with Crippen LogP contribution < -0.4 is 10.6 Å². The third-order valence-electron chi connectivity index (χ3n) is 3.39. The largest absolute Gasteiger partial charge is 0.351 e. The highest BCUT2D eigenvalue weighted by molar-refractivity contribution is 5.94. The molecule has 1 atom stereocenters. The molecule has 0 bridgehead atoms. The zero-order valence-electron chi connectivity index (χ0n) is 13.2. The van der Waals surface area contributed by atoms with Crippen molar-refractivity contribution in [2.75, 3.05) is 13.1 Å². The van der Waals surface area contributed by atoms with Gasteiger partial charge in [0, 0.05) is 24.7 Å². The minimum atomic E-state index is 0.00151. The van der Waals surface area contributed by atoms with Crippen molar-refractivity contribution >= 4 is 5.91 Å². The van der Waals surface area contributed by atoms with E-state index in [0.717, 1.165) is 18.0 Å². The number of benzene rings is 1. The van der Waals surface area contributed by atoms with Gasteiger partial charge in [-0.05, 0) is 44.7 Å². The SMILES string of the molecule is Cc1ccc(C(=O)NCCNC(C)CCC(C)C)cc1. The molecule has 2 N–H and O–H groups in total. The molecule has 0 aromatic heterocycles. The fourth-order valence-corrected chi connectivity index (χ4v) is 1.99. The number of hydrogen-bond acceptors (Lipinski definition) is 2. The molecule has 0 saturated heterocycles. The van der Waals surface area contributed by atoms with E-state index in [1.807, 2.05) is 31.2 Å². The molecule has 0 aliphatic heterocycles. The zero-order valence-corrected chi connectivity index (χ0v) is 13.2. The van der Waals surface area contributed by atoms with Crippen LogP contribution in [0.25, 0.3) is 0 Å². The molecule has 1 amide bonds. The van der Waals surface area contributed by atoms with Gasteiger partial charge < -0.3 is 10.6 Å². The van der Waals surface area contributed by atoms with Crippen LogP contribution in [-0.2, 0) is 0 Å². The Morgan fingerprint density at radius 3 is 2.30 bits per heavy atom. The fraction of sp³-hybridized carbons (Fsp3) is 0.588. The summed E-state index contributed by atoms with van der Waals surface area (Å²) in [6.45, 7) is 10.2. The normalized spacial score (nSPS) is 12.4. The van der Waals surface area contributed by atoms with Crippen molar-refractivity contribution in [3.05, 3.63) is 35.4 Å². The summed E-state index contributed by atoms with van der Waals surface area (Å²) in [6, 6.07) is 8.16. The maximum atomic E-state index is 11.9. The lowest BCUT2D eigenvalue weighted by molar-refractivity contribution is 0.0953. The first-order chi connectivity index (χ1) is 9.49. The van der Waals surface area contributed by atoms with Crippen LogP contribution >= 0.6 is 0 Å². The fourth-order valence-electron chi connectivity index (χ4n) is 1.99. The second-order valence-electron chi connectivity index (χ2n) is 5.95. The first-order valence-corrected chi connectivity index (χ1v) is 7.57. The summed E-state index contributed by atoms with van der Waals surface area (Å²) in [5.41, 5.74) is 1.89. The van der Waals surface area contributed by atoms with Gasteiger partial charge >= 0.3 is 0 Å². The quantitative estimate of drug-likeness (QED) is 0.716. The molecule has 1 aromatic rings. The summed E-state index contributed by atoms with van der Waals surface area (Å²) in [5.74, 6) is 0.752. The third-order valence-corrected chi connectivity index (χ3v) is 3.39. The van der Waals surface area contributed by atoms with E-state index in [1.54, 1.807) is 0 Å². The van der Waals surface area contributed by atoms with Gasteiger partial charge in [-0.1, -0.05) is 31.5 Å². The lowest BCUT2D eigenvalue weighted by Crippen LogP contribution is -2.35. The topological polar surface area (TPSA) is 41.1 Å². The number of amides is 1. The lowest BCUT2D eigenvalue weighted by Gasteiger charge is -2.15. The Balaban J connectivity index is 2.17. The van der Waals surface area contributed by atoms with Crippen molar-refractivity contribution in [1.82, 2.24) is 10.6 Å². The maximum absolute atomic E-state index is 11.9. The monoisotopic (exact) mass is 276 g/mol. The molecule has 0 heterocycles. The van der Waals surface area contributed by atoms with Gasteiger partial charge in [0.2, 0.25) is 0 Å². The summed E-state index contributed by atoms with van der Waals surface area (Å²) in [6.07, 6.45) is 2.42. The minimum absolute atomic E-state index is 0.00151. The van der Waals surface area contributed by atoms with Crippen molar-refractivity contribution in [2.24, 2.45) is 5.92 Å². The summed E-state index contributed by atoms with van der Waals surface area (Å²) < 4.78 is 0. The van der Waals surface area contributed by atoms with Gasteiger partial charge in [-0.3, -0.25) is 4.79 Å². The molecule has 0 aliphatic carbocycles. The number of carbonyl (C=O) groups is 1. The summed E-state index contributed by atoms with van der Waals surface area (Å²) in [7, 11) is 0. The summed E-state index contributed by atoms with van der Waals surface area (Å²) >= 11 is 0. The van der Waals surface area contributed by atoms with Crippen LogP contribution in [0.2, 0.25) is 0 Å². The number of hydrogen-bond donors (Lipinski definition) is 2. The molecule has 112 valence electrons. The number of aryl methyl sites for hydroxylation is 1. The van der Waals surface area contributed by atoms with Crippen LogP contribution in [0.15, 0.2) is 24.3 Å². The van der Waals surface area contributed by atoms with E-state index >= 15 is 0 Å². The molecule has 1 unspecified atom stereocenters. The van der Waals surface area contributed by atoms with Crippen molar-refractivity contribution in [3.8, 4) is 0 Å². The molecular formula is C17H28N2O. The average Bonchev–Trinajstić information content (AvgIpc) is 2.42. The van der Waals surface area contributed by atoms with Gasteiger partial charge in [-0.2, -0.15) is 0 Å². The second-order valence-corrected chi connectivity index (χ2v) is 5.95. The van der Waals surface area contributed by atoms with Crippen LogP contribution in [0.3, 0.4) is 0 Å². The van der Waals surface area contributed by atoms with Crippen molar-refractivity contribution < 1.29 is 4.79 Å². The molecule has 3 nitrogen and oxygen atoms in total. The van der Waals surface area contributed by atoms with Crippen LogP contribution in [-0.4, -0.2) is 25.0 Å². The van der Waals surface area contributed by atoms with E-state index < -0.39 is 0 Å². The molecule has 0 aliphatic rings. The molecule has 0 fully saturated rings. The lowest BCUT2D eigenvalue weighted by atomic mass is 10.0. The van der Waals surface area contributed by atoms with Crippen LogP contribution in [0.5, 0.6) is 0 Å². The Labute approximate surface area is 123 Å². The molecule has 1 aromatic carbocycles. The Morgan fingerprint density at radius 2 is 1.70 bits per heavy atom. The number of carbonyl (C=O) groups excluding carboxylic acids is 1. The summed E-state index contributed by atoms with van der Waals surface area (Å²) in [4.78, 5) is 11.9. The highest BCUT2D eigenvalue weighted by atomic mass is 16.1. The van der Waals surface area contributed by atoms with E-state index in [1.165, 1.54) is 18.4 Å². The van der Waals surface area contributed by atoms with E-state index in [2.05, 4.69) is 31.4 Å². The highest BCUT2D eigenvalue weighted by Gasteiger charge is 2.05. The molecule has 0 saturated carbocycles. The second kappa shape index (κ2) is 8.75. The van der Waals surface area contributed by atoms with Gasteiger partial charge in [-0.15, -0.1) is 0 Å². The average molecular weight is 276 g/mol. The van der Waals surface area contributed by atoms with Gasteiger partial charge in [-0.25, -0.2) is 0 Å². The standard InChI is InChI=1S/C17H28N2O/c1-13(2)5-8-15(4)18-11-12-19-17(20)16-9-6-14(3)7-10-16/h6-7,9-10,13,15,18H,5,8,11-12H2,1-4H3,(H,19,20). The van der Waals surface area contributed by atoms with Crippen LogP contribution in [0.4, 0.5) is 0 Å². The Bertz CT molecular complexity index is 398. The van der Waals surface area contributed by atoms with Crippen LogP contribution in [0, 0.1) is 12.8 Å². The third kappa shape index (κ3) is 6.71. The maximum Gasteiger partial charge on any atom is 0.251 e. The molecule has 0 radical (unpaired) electrons. The van der Waals surface area contributed by atoms with Gasteiger partial charge in [0.25, 0.3) is 5.91 Å². The Kier molecular flexibility index (Phi) is 7.31. The smallest absolute Gasteiger partial charge is 0.251 e. The van der Waals surface area contributed by atoms with E-state index in [9.17, 15) is 4.79 Å². The minimum Gasteiger partial charge on any atom is -0.351 e. The predicted octanol–water partition coefficient (Wildman–Crippen LogP) is 3.14. The molecule has 3 heteroatoms. The molecule has 1 rings (SSSR count). The number of rotatable bonds is 8. The Morgan fingerprint density at radius 1 is 1.05 bits per heavy atom.